The summed E-state index contributed by atoms with van der Waals surface area (Å²) in [6, 6.07) is 0. The summed E-state index contributed by atoms with van der Waals surface area (Å²) in [5.41, 5.74) is 6.54. The van der Waals surface area contributed by atoms with E-state index in [2.05, 4.69) is 15.0 Å². The van der Waals surface area contributed by atoms with E-state index in [1.807, 2.05) is 6.26 Å². The van der Waals surface area contributed by atoms with Gasteiger partial charge in [-0.25, -0.2) is 19.5 Å². The molecule has 0 spiro atoms. The van der Waals surface area contributed by atoms with Gasteiger partial charge in [0.1, 0.15) is 18.8 Å². The molecule has 2 atom stereocenters. The number of aliphatic hydroxyl groups is 2. The summed E-state index contributed by atoms with van der Waals surface area (Å²) in [7, 11) is 0. The molecule has 0 radical (unpaired) electrons. The van der Waals surface area contributed by atoms with Crippen molar-refractivity contribution in [1.82, 2.24) is 19.5 Å². The number of hydrogen-bond acceptors (Lipinski definition) is 8. The van der Waals surface area contributed by atoms with Gasteiger partial charge in [-0.05, 0) is 6.26 Å². The summed E-state index contributed by atoms with van der Waals surface area (Å²) < 4.78 is 7.05. The van der Waals surface area contributed by atoms with Crippen LogP contribution in [0.3, 0.4) is 0 Å². The molecular formula is C11H13N5O3S. The molecule has 0 fully saturated rings. The maximum atomic E-state index is 10.0. The molecule has 0 saturated heterocycles. The second-order valence-corrected chi connectivity index (χ2v) is 5.20. The van der Waals surface area contributed by atoms with E-state index in [1.54, 1.807) is 0 Å². The Morgan fingerprint density at radius 3 is 3.00 bits per heavy atom. The monoisotopic (exact) mass is 295 g/mol. The Morgan fingerprint density at radius 1 is 1.45 bits per heavy atom. The molecule has 20 heavy (non-hydrogen) atoms. The fourth-order valence-electron chi connectivity index (χ4n) is 2.04. The number of hydrogen-bond donors (Lipinski definition) is 3. The molecule has 9 heteroatoms. The van der Waals surface area contributed by atoms with Gasteiger partial charge in [-0.15, -0.1) is 0 Å². The van der Waals surface area contributed by atoms with Gasteiger partial charge in [0.05, 0.1) is 0 Å². The van der Waals surface area contributed by atoms with Crippen molar-refractivity contribution in [2.24, 2.45) is 0 Å². The van der Waals surface area contributed by atoms with E-state index in [1.165, 1.54) is 29.0 Å². The zero-order chi connectivity index (χ0) is 14.3. The van der Waals surface area contributed by atoms with E-state index in [0.717, 1.165) is 0 Å². The fraction of sp³-hybridized carbons (Fsp3) is 0.364. The van der Waals surface area contributed by atoms with Gasteiger partial charge < -0.3 is 20.7 Å². The van der Waals surface area contributed by atoms with E-state index >= 15 is 0 Å². The molecule has 1 aliphatic heterocycles. The smallest absolute Gasteiger partial charge is 0.243 e. The van der Waals surface area contributed by atoms with Crippen molar-refractivity contribution in [1.29, 1.82) is 0 Å². The van der Waals surface area contributed by atoms with Crippen LogP contribution < -0.4 is 5.73 Å². The Morgan fingerprint density at radius 2 is 2.25 bits per heavy atom. The van der Waals surface area contributed by atoms with Crippen molar-refractivity contribution in [2.45, 2.75) is 12.2 Å². The van der Waals surface area contributed by atoms with Crippen LogP contribution in [0.4, 0.5) is 5.82 Å². The number of nitrogens with two attached hydrogens (primary N) is 1. The average Bonchev–Trinajstić information content (AvgIpc) is 2.97. The number of fused-ring (bicyclic) bond motifs is 1. The average molecular weight is 295 g/mol. The van der Waals surface area contributed by atoms with Gasteiger partial charge in [-0.1, -0.05) is 0 Å². The zero-order valence-corrected chi connectivity index (χ0v) is 11.4. The van der Waals surface area contributed by atoms with Crippen molar-refractivity contribution < 1.29 is 14.9 Å². The van der Waals surface area contributed by atoms with Crippen LogP contribution in [0, 0.1) is 0 Å². The van der Waals surface area contributed by atoms with Gasteiger partial charge in [-0.2, -0.15) is 11.8 Å². The summed E-state index contributed by atoms with van der Waals surface area (Å²) >= 11 is 1.52. The van der Waals surface area contributed by atoms with Crippen LogP contribution >= 0.6 is 11.8 Å². The van der Waals surface area contributed by atoms with Gasteiger partial charge in [0.15, 0.2) is 28.8 Å². The predicted molar refractivity (Wildman–Crippen MR) is 74.8 cm³/mol. The Bertz CT molecular complexity index is 686. The molecule has 0 aliphatic carbocycles. The first kappa shape index (κ1) is 13.0. The van der Waals surface area contributed by atoms with Crippen LogP contribution in [0.5, 0.6) is 0 Å². The Labute approximate surface area is 118 Å². The largest absolute Gasteiger partial charge is 0.505 e. The molecule has 0 bridgehead atoms. The number of rotatable bonds is 3. The van der Waals surface area contributed by atoms with E-state index < -0.39 is 12.2 Å². The Balaban J connectivity index is 2.06. The highest BCUT2D eigenvalue weighted by atomic mass is 32.2. The minimum Gasteiger partial charge on any atom is -0.505 e. The molecule has 4 N–H and O–H groups in total. The minimum atomic E-state index is -1.06. The zero-order valence-electron chi connectivity index (χ0n) is 10.6. The number of aromatic nitrogens is 4. The molecule has 2 aromatic rings. The molecule has 3 heterocycles. The second-order valence-electron chi connectivity index (χ2n) is 4.29. The van der Waals surface area contributed by atoms with E-state index in [4.69, 9.17) is 10.5 Å². The minimum absolute atomic E-state index is 0.122. The number of anilines is 1. The lowest BCUT2D eigenvalue weighted by Gasteiger charge is -2.13. The third kappa shape index (κ3) is 1.86. The van der Waals surface area contributed by atoms with Crippen LogP contribution in [-0.4, -0.2) is 53.9 Å². The topological polar surface area (TPSA) is 119 Å². The third-order valence-corrected chi connectivity index (χ3v) is 3.69. The van der Waals surface area contributed by atoms with Crippen LogP contribution in [0.1, 0.15) is 0 Å². The molecule has 3 rings (SSSR count). The fourth-order valence-corrected chi connectivity index (χ4v) is 2.62. The van der Waals surface area contributed by atoms with Crippen molar-refractivity contribution in [2.75, 3.05) is 17.7 Å². The number of nitrogen functional groups attached to an aromatic ring is 1. The number of aliphatic hydroxyl groups excluding tert-OH is 2. The molecule has 0 saturated carbocycles. The lowest BCUT2D eigenvalue weighted by molar-refractivity contribution is 0.0655. The van der Waals surface area contributed by atoms with Crippen molar-refractivity contribution >= 4 is 34.6 Å². The van der Waals surface area contributed by atoms with Gasteiger partial charge in [-0.3, -0.25) is 0 Å². The van der Waals surface area contributed by atoms with Crippen LogP contribution in [0.25, 0.3) is 17.0 Å². The molecule has 2 aromatic heterocycles. The van der Waals surface area contributed by atoms with E-state index in [0.29, 0.717) is 16.9 Å². The molecule has 8 nitrogen and oxygen atoms in total. The lowest BCUT2D eigenvalue weighted by Crippen LogP contribution is -2.26. The quantitative estimate of drug-likeness (QED) is 0.735. The van der Waals surface area contributed by atoms with E-state index in [-0.39, 0.29) is 17.5 Å². The molecule has 106 valence electrons. The van der Waals surface area contributed by atoms with Gasteiger partial charge in [0.2, 0.25) is 5.88 Å². The third-order valence-electron chi connectivity index (χ3n) is 3.03. The first-order valence-corrected chi connectivity index (χ1v) is 7.23. The number of nitrogens with zero attached hydrogens (tertiary/aromatic N) is 4. The highest BCUT2D eigenvalue weighted by Crippen LogP contribution is 2.31. The summed E-state index contributed by atoms with van der Waals surface area (Å²) in [5.74, 6) is 0.684. The SMILES string of the molecule is CSC[C@H]1OC(n2cnc3c(N)ncnc32)=C(O)[C@@H]1O. The summed E-state index contributed by atoms with van der Waals surface area (Å²) in [5, 5.41) is 20.0. The van der Waals surface area contributed by atoms with E-state index in [9.17, 15) is 10.2 Å². The van der Waals surface area contributed by atoms with Crippen LogP contribution in [-0.2, 0) is 4.74 Å². The van der Waals surface area contributed by atoms with Crippen LogP contribution in [0.2, 0.25) is 0 Å². The van der Waals surface area contributed by atoms with Gasteiger partial charge in [0.25, 0.3) is 0 Å². The number of ether oxygens (including phenoxy) is 1. The van der Waals surface area contributed by atoms with Gasteiger partial charge in [0, 0.05) is 5.75 Å². The summed E-state index contributed by atoms with van der Waals surface area (Å²) in [6.45, 7) is 0. The lowest BCUT2D eigenvalue weighted by atomic mass is 10.2. The van der Waals surface area contributed by atoms with Gasteiger partial charge >= 0.3 is 0 Å². The Kier molecular flexibility index (Phi) is 3.14. The molecule has 0 aromatic carbocycles. The highest BCUT2D eigenvalue weighted by Gasteiger charge is 2.37. The first-order chi connectivity index (χ1) is 9.63. The summed E-state index contributed by atoms with van der Waals surface area (Å²) in [4.78, 5) is 12.0. The maximum absolute atomic E-state index is 10.0. The number of imidazole rings is 1. The standard InChI is InChI=1S/C11H13N5O3S/c1-20-2-5-7(17)8(18)11(19-5)16-4-15-6-9(12)13-3-14-10(6)16/h3-5,7,17-18H,2H2,1H3,(H2,12,13,14)/t5-,7-/m1/s1. The Hall–Kier alpha value is -2.00. The normalized spacial score (nSPS) is 22.5. The summed E-state index contributed by atoms with van der Waals surface area (Å²) in [6.07, 6.45) is 3.06. The molecule has 1 aliphatic rings. The van der Waals surface area contributed by atoms with Crippen LogP contribution in [0.15, 0.2) is 18.4 Å². The molecular weight excluding hydrogens is 282 g/mol. The second kappa shape index (κ2) is 4.84. The van der Waals surface area contributed by atoms with Crippen molar-refractivity contribution in [3.63, 3.8) is 0 Å². The maximum Gasteiger partial charge on any atom is 0.243 e. The predicted octanol–water partition coefficient (Wildman–Crippen LogP) is 0.215. The first-order valence-electron chi connectivity index (χ1n) is 5.84. The molecule has 0 amide bonds. The molecule has 0 unspecified atom stereocenters. The highest BCUT2D eigenvalue weighted by molar-refractivity contribution is 7.98. The van der Waals surface area contributed by atoms with Crippen molar-refractivity contribution in [3.05, 3.63) is 18.4 Å². The van der Waals surface area contributed by atoms with Crippen molar-refractivity contribution in [3.8, 4) is 0 Å². The number of thioether (sulfide) groups is 1.